The van der Waals surface area contributed by atoms with Crippen LogP contribution in [0.2, 0.25) is 0 Å². The van der Waals surface area contributed by atoms with Crippen LogP contribution in [0.15, 0.2) is 75.0 Å². The molecule has 9 heteroatoms. The van der Waals surface area contributed by atoms with Crippen LogP contribution in [-0.2, 0) is 16.1 Å². The predicted octanol–water partition coefficient (Wildman–Crippen LogP) is 6.76. The van der Waals surface area contributed by atoms with Gasteiger partial charge in [0.15, 0.2) is 16.7 Å². The number of carbonyl (C=O) groups excluding carboxylic acids is 2. The Kier molecular flexibility index (Phi) is 8.91. The summed E-state index contributed by atoms with van der Waals surface area (Å²) in [6, 6.07) is 18.6. The minimum absolute atomic E-state index is 0.160. The Morgan fingerprint density at radius 3 is 2.47 bits per heavy atom. The summed E-state index contributed by atoms with van der Waals surface area (Å²) >= 11 is 4.86. The lowest BCUT2D eigenvalue weighted by molar-refractivity contribution is -0.121. The van der Waals surface area contributed by atoms with Crippen LogP contribution in [0, 0.1) is 6.92 Å². The van der Waals surface area contributed by atoms with Crippen molar-refractivity contribution in [1.82, 2.24) is 4.90 Å². The predicted molar refractivity (Wildman–Crippen MR) is 154 cm³/mol. The van der Waals surface area contributed by atoms with Gasteiger partial charge in [0.1, 0.15) is 6.61 Å². The number of esters is 1. The molecule has 0 radical (unpaired) electrons. The SMILES string of the molecule is CCOC(=O)c1ccc(N=C2SC(=Cc3cc(Br)c(OCc4ccc(C)cc4)c(OC)c3)C(=O)N2C)cc1. The van der Waals surface area contributed by atoms with Crippen molar-refractivity contribution in [3.8, 4) is 11.5 Å². The van der Waals surface area contributed by atoms with Gasteiger partial charge in [-0.05, 0) is 95.1 Å². The molecule has 0 N–H and O–H groups in total. The molecule has 7 nitrogen and oxygen atoms in total. The summed E-state index contributed by atoms with van der Waals surface area (Å²) in [5.74, 6) is 0.600. The largest absolute Gasteiger partial charge is 0.493 e. The van der Waals surface area contributed by atoms with Crippen molar-refractivity contribution in [3.63, 3.8) is 0 Å². The van der Waals surface area contributed by atoms with Gasteiger partial charge in [-0.15, -0.1) is 0 Å². The number of carbonyl (C=O) groups is 2. The third-order valence-electron chi connectivity index (χ3n) is 5.66. The Morgan fingerprint density at radius 2 is 1.82 bits per heavy atom. The lowest BCUT2D eigenvalue weighted by Gasteiger charge is -2.14. The molecule has 3 aromatic rings. The third-order valence-corrected chi connectivity index (χ3v) is 7.31. The quantitative estimate of drug-likeness (QED) is 0.212. The van der Waals surface area contributed by atoms with Crippen LogP contribution in [0.5, 0.6) is 11.5 Å². The van der Waals surface area contributed by atoms with Gasteiger partial charge >= 0.3 is 5.97 Å². The van der Waals surface area contributed by atoms with Crippen molar-refractivity contribution >= 4 is 56.5 Å². The Bertz CT molecular complexity index is 1400. The normalized spacial score (nSPS) is 15.3. The van der Waals surface area contributed by atoms with Gasteiger partial charge in [0.2, 0.25) is 0 Å². The number of aryl methyl sites for hydroxylation is 1. The number of rotatable bonds is 8. The molecule has 1 aliphatic rings. The highest BCUT2D eigenvalue weighted by molar-refractivity contribution is 9.10. The second-order valence-corrected chi connectivity index (χ2v) is 10.3. The second kappa shape index (κ2) is 12.3. The van der Waals surface area contributed by atoms with Crippen LogP contribution >= 0.6 is 27.7 Å². The van der Waals surface area contributed by atoms with Crippen molar-refractivity contribution in [2.75, 3.05) is 20.8 Å². The summed E-state index contributed by atoms with van der Waals surface area (Å²) in [4.78, 5) is 31.4. The molecular formula is C29H27BrN2O5S. The zero-order valence-corrected chi connectivity index (χ0v) is 23.9. The van der Waals surface area contributed by atoms with Crippen molar-refractivity contribution in [3.05, 3.63) is 92.3 Å². The third kappa shape index (κ3) is 6.46. The summed E-state index contributed by atoms with van der Waals surface area (Å²) in [5, 5.41) is 0.536. The molecule has 0 unspecified atom stereocenters. The van der Waals surface area contributed by atoms with Crippen LogP contribution in [0.1, 0.15) is 34.0 Å². The van der Waals surface area contributed by atoms with Crippen LogP contribution in [0.3, 0.4) is 0 Å². The van der Waals surface area contributed by atoms with E-state index in [9.17, 15) is 9.59 Å². The molecule has 0 bridgehead atoms. The number of methoxy groups -OCH3 is 1. The van der Waals surface area contributed by atoms with E-state index in [4.69, 9.17) is 14.2 Å². The Balaban J connectivity index is 1.52. The van der Waals surface area contributed by atoms with Gasteiger partial charge in [0, 0.05) is 7.05 Å². The van der Waals surface area contributed by atoms with Gasteiger partial charge in [0.25, 0.3) is 5.91 Å². The van der Waals surface area contributed by atoms with Crippen LogP contribution in [-0.4, -0.2) is 42.7 Å². The number of hydrogen-bond donors (Lipinski definition) is 0. The molecule has 3 aromatic carbocycles. The number of amides is 1. The van der Waals surface area contributed by atoms with Gasteiger partial charge in [-0.2, -0.15) is 0 Å². The van der Waals surface area contributed by atoms with Crippen molar-refractivity contribution < 1.29 is 23.8 Å². The summed E-state index contributed by atoms with van der Waals surface area (Å²) in [7, 11) is 3.26. The zero-order valence-electron chi connectivity index (χ0n) is 21.5. The monoisotopic (exact) mass is 594 g/mol. The molecule has 0 spiro atoms. The zero-order chi connectivity index (χ0) is 27.2. The van der Waals surface area contributed by atoms with E-state index in [-0.39, 0.29) is 11.9 Å². The number of halogens is 1. The van der Waals surface area contributed by atoms with Gasteiger partial charge in [-0.1, -0.05) is 29.8 Å². The number of hydrogen-bond acceptors (Lipinski definition) is 7. The maximum Gasteiger partial charge on any atom is 0.338 e. The highest BCUT2D eigenvalue weighted by atomic mass is 79.9. The van der Waals surface area contributed by atoms with E-state index in [1.165, 1.54) is 22.2 Å². The van der Waals surface area contributed by atoms with E-state index in [0.29, 0.717) is 46.0 Å². The molecule has 0 aromatic heterocycles. The van der Waals surface area contributed by atoms with Crippen LogP contribution in [0.4, 0.5) is 5.69 Å². The first kappa shape index (κ1) is 27.5. The lowest BCUT2D eigenvalue weighted by Crippen LogP contribution is -2.23. The molecule has 1 fully saturated rings. The molecule has 4 rings (SSSR count). The molecule has 1 saturated heterocycles. The topological polar surface area (TPSA) is 77.4 Å². The number of ether oxygens (including phenoxy) is 3. The molecule has 0 saturated carbocycles. The first-order valence-electron chi connectivity index (χ1n) is 11.9. The highest BCUT2D eigenvalue weighted by Gasteiger charge is 2.30. The second-order valence-electron chi connectivity index (χ2n) is 8.44. The molecule has 196 valence electrons. The molecule has 1 heterocycles. The van der Waals surface area contributed by atoms with Gasteiger partial charge in [0.05, 0.1) is 34.3 Å². The first-order valence-corrected chi connectivity index (χ1v) is 13.5. The van der Waals surface area contributed by atoms with E-state index >= 15 is 0 Å². The summed E-state index contributed by atoms with van der Waals surface area (Å²) in [5.41, 5.74) is 4.09. The minimum Gasteiger partial charge on any atom is -0.493 e. The average molecular weight is 596 g/mol. The molecule has 1 amide bonds. The van der Waals surface area contributed by atoms with E-state index in [0.717, 1.165) is 15.6 Å². The van der Waals surface area contributed by atoms with E-state index in [1.54, 1.807) is 51.4 Å². The number of nitrogens with zero attached hydrogens (tertiary/aromatic N) is 2. The number of thioether (sulfide) groups is 1. The van der Waals surface area contributed by atoms with E-state index < -0.39 is 0 Å². The molecule has 38 heavy (non-hydrogen) atoms. The molecule has 1 aliphatic heterocycles. The molecule has 0 atom stereocenters. The van der Waals surface area contributed by atoms with Crippen molar-refractivity contribution in [2.24, 2.45) is 4.99 Å². The smallest absolute Gasteiger partial charge is 0.338 e. The summed E-state index contributed by atoms with van der Waals surface area (Å²) in [6.45, 7) is 4.52. The van der Waals surface area contributed by atoms with Crippen LogP contribution < -0.4 is 9.47 Å². The van der Waals surface area contributed by atoms with Gasteiger partial charge in [-0.25, -0.2) is 9.79 Å². The lowest BCUT2D eigenvalue weighted by atomic mass is 10.1. The standard InChI is InChI=1S/C29H27BrN2O5S/c1-5-36-28(34)21-10-12-22(13-11-21)31-29-32(3)27(33)25(38-29)16-20-14-23(30)26(24(15-20)35-4)37-17-19-8-6-18(2)7-9-19/h6-16H,5,17H2,1-4H3. The Morgan fingerprint density at radius 1 is 1.11 bits per heavy atom. The van der Waals surface area contributed by atoms with Crippen LogP contribution in [0.25, 0.3) is 6.08 Å². The average Bonchev–Trinajstić information content (AvgIpc) is 3.16. The highest BCUT2D eigenvalue weighted by Crippen LogP contribution is 2.39. The summed E-state index contributed by atoms with van der Waals surface area (Å²) < 4.78 is 17.4. The fourth-order valence-electron chi connectivity index (χ4n) is 3.60. The maximum absolute atomic E-state index is 12.9. The van der Waals surface area contributed by atoms with Crippen molar-refractivity contribution in [2.45, 2.75) is 20.5 Å². The number of benzene rings is 3. The van der Waals surface area contributed by atoms with Gasteiger partial charge < -0.3 is 14.2 Å². The number of likely N-dealkylation sites (N-methyl/N-ethyl adjacent to an activating group) is 1. The maximum atomic E-state index is 12.9. The number of amidine groups is 1. The Labute approximate surface area is 234 Å². The van der Waals surface area contributed by atoms with Gasteiger partial charge in [-0.3, -0.25) is 9.69 Å². The van der Waals surface area contributed by atoms with E-state index in [1.807, 2.05) is 43.3 Å². The fourth-order valence-corrected chi connectivity index (χ4v) is 5.16. The Hall–Kier alpha value is -3.56. The molecular weight excluding hydrogens is 568 g/mol. The number of aliphatic imine (C=N–C) groups is 1. The summed E-state index contributed by atoms with van der Waals surface area (Å²) in [6.07, 6.45) is 1.80. The van der Waals surface area contributed by atoms with Crippen molar-refractivity contribution in [1.29, 1.82) is 0 Å². The molecule has 0 aliphatic carbocycles. The first-order chi connectivity index (χ1) is 18.3. The van der Waals surface area contributed by atoms with E-state index in [2.05, 4.69) is 20.9 Å². The fraction of sp³-hybridized carbons (Fsp3) is 0.207. The minimum atomic E-state index is -0.382.